The second kappa shape index (κ2) is 5.05. The molecule has 0 amide bonds. The minimum Gasteiger partial charge on any atom is -0.478 e. The summed E-state index contributed by atoms with van der Waals surface area (Å²) >= 11 is 0. The fraction of sp³-hybridized carbons (Fsp3) is 0.267. The second-order valence-electron chi connectivity index (χ2n) is 4.92. The number of hydrogen-bond acceptors (Lipinski definition) is 5. The maximum Gasteiger partial charge on any atom is 0.346 e. The maximum atomic E-state index is 11.3. The molecule has 1 aliphatic heterocycles. The smallest absolute Gasteiger partial charge is 0.346 e. The summed E-state index contributed by atoms with van der Waals surface area (Å²) in [5, 5.41) is 9.24. The van der Waals surface area contributed by atoms with Crippen LogP contribution in [0, 0.1) is 13.8 Å². The van der Waals surface area contributed by atoms with Gasteiger partial charge >= 0.3 is 5.97 Å². The van der Waals surface area contributed by atoms with Crippen LogP contribution < -0.4 is 9.64 Å². The monoisotopic (exact) mass is 285 g/mol. The lowest BCUT2D eigenvalue weighted by Gasteiger charge is -2.33. The molecule has 0 bridgehead atoms. The molecule has 1 atom stereocenters. The number of carbonyl (C=O) groups is 1. The van der Waals surface area contributed by atoms with E-state index >= 15 is 0 Å². The van der Waals surface area contributed by atoms with E-state index in [0.717, 1.165) is 17.1 Å². The molecule has 6 heteroatoms. The van der Waals surface area contributed by atoms with E-state index in [2.05, 4.69) is 9.97 Å². The zero-order valence-corrected chi connectivity index (χ0v) is 11.8. The third-order valence-electron chi connectivity index (χ3n) is 3.51. The van der Waals surface area contributed by atoms with Crippen molar-refractivity contribution in [2.75, 3.05) is 11.4 Å². The van der Waals surface area contributed by atoms with E-state index in [1.54, 1.807) is 12.3 Å². The lowest BCUT2D eigenvalue weighted by Crippen LogP contribution is -2.42. The van der Waals surface area contributed by atoms with Gasteiger partial charge in [0.2, 0.25) is 6.10 Å². The molecule has 3 rings (SSSR count). The minimum absolute atomic E-state index is 0.198. The van der Waals surface area contributed by atoms with Gasteiger partial charge in [0, 0.05) is 0 Å². The standard InChI is InChI=1S/C15H15N3O3/c1-9-10(2)17-14(7-16-9)18-8-13(15(19)20)21-12-6-4-3-5-11(12)18/h3-7,13H,8H2,1-2H3,(H,19,20). The van der Waals surface area contributed by atoms with Gasteiger partial charge in [-0.2, -0.15) is 0 Å². The van der Waals surface area contributed by atoms with Gasteiger partial charge in [-0.15, -0.1) is 0 Å². The highest BCUT2D eigenvalue weighted by molar-refractivity contribution is 5.78. The summed E-state index contributed by atoms with van der Waals surface area (Å²) in [6, 6.07) is 7.33. The van der Waals surface area contributed by atoms with Gasteiger partial charge < -0.3 is 14.7 Å². The third kappa shape index (κ3) is 2.40. The Balaban J connectivity index is 2.07. The summed E-state index contributed by atoms with van der Waals surface area (Å²) in [7, 11) is 0. The van der Waals surface area contributed by atoms with Gasteiger partial charge in [-0.25, -0.2) is 9.78 Å². The zero-order valence-electron chi connectivity index (χ0n) is 11.8. The first-order valence-electron chi connectivity index (χ1n) is 6.62. The first kappa shape index (κ1) is 13.4. The molecule has 0 saturated carbocycles. The number of aryl methyl sites for hydroxylation is 2. The van der Waals surface area contributed by atoms with Crippen LogP contribution in [-0.2, 0) is 4.79 Å². The molecule has 0 aliphatic carbocycles. The van der Waals surface area contributed by atoms with Crippen molar-refractivity contribution in [1.82, 2.24) is 9.97 Å². The van der Waals surface area contributed by atoms with E-state index in [4.69, 9.17) is 4.74 Å². The van der Waals surface area contributed by atoms with Crippen molar-refractivity contribution in [3.05, 3.63) is 41.9 Å². The molecule has 21 heavy (non-hydrogen) atoms. The number of para-hydroxylation sites is 2. The molecule has 0 spiro atoms. The van der Waals surface area contributed by atoms with Crippen LogP contribution in [-0.4, -0.2) is 33.7 Å². The fourth-order valence-corrected chi connectivity index (χ4v) is 2.24. The molecule has 6 nitrogen and oxygen atoms in total. The van der Waals surface area contributed by atoms with E-state index in [-0.39, 0.29) is 6.54 Å². The molecule has 2 aromatic rings. The molecule has 0 radical (unpaired) electrons. The minimum atomic E-state index is -0.994. The molecule has 2 heterocycles. The Hall–Kier alpha value is -2.63. The lowest BCUT2D eigenvalue weighted by atomic mass is 10.2. The average Bonchev–Trinajstić information content (AvgIpc) is 2.49. The zero-order chi connectivity index (χ0) is 15.0. The quantitative estimate of drug-likeness (QED) is 0.910. The lowest BCUT2D eigenvalue weighted by molar-refractivity contribution is -0.144. The Bertz CT molecular complexity index is 702. The van der Waals surface area contributed by atoms with Crippen LogP contribution in [0.2, 0.25) is 0 Å². The van der Waals surface area contributed by atoms with Gasteiger partial charge in [0.05, 0.1) is 29.8 Å². The van der Waals surface area contributed by atoms with E-state index < -0.39 is 12.1 Å². The molecule has 1 aliphatic rings. The number of aliphatic carboxylic acids is 1. The highest BCUT2D eigenvalue weighted by Gasteiger charge is 2.31. The molecule has 108 valence electrons. The molecule has 1 unspecified atom stereocenters. The summed E-state index contributed by atoms with van der Waals surface area (Å²) in [6.45, 7) is 3.97. The first-order valence-corrected chi connectivity index (χ1v) is 6.62. The number of ether oxygens (including phenoxy) is 1. The van der Waals surface area contributed by atoms with Crippen molar-refractivity contribution in [2.24, 2.45) is 0 Å². The van der Waals surface area contributed by atoms with Crippen LogP contribution in [0.5, 0.6) is 5.75 Å². The van der Waals surface area contributed by atoms with Crippen LogP contribution in [0.3, 0.4) is 0 Å². The fourth-order valence-electron chi connectivity index (χ4n) is 2.24. The molecular formula is C15H15N3O3. The van der Waals surface area contributed by atoms with Gasteiger partial charge in [-0.1, -0.05) is 12.1 Å². The van der Waals surface area contributed by atoms with Gasteiger partial charge in [0.25, 0.3) is 0 Å². The second-order valence-corrected chi connectivity index (χ2v) is 4.92. The molecule has 1 aromatic carbocycles. The highest BCUT2D eigenvalue weighted by atomic mass is 16.5. The van der Waals surface area contributed by atoms with E-state index in [1.807, 2.05) is 36.9 Å². The topological polar surface area (TPSA) is 75.6 Å². The summed E-state index contributed by atoms with van der Waals surface area (Å²) in [5.41, 5.74) is 2.48. The summed E-state index contributed by atoms with van der Waals surface area (Å²) in [4.78, 5) is 21.9. The van der Waals surface area contributed by atoms with Crippen LogP contribution in [0.15, 0.2) is 30.5 Å². The molecule has 0 fully saturated rings. The van der Waals surface area contributed by atoms with Crippen LogP contribution in [0.1, 0.15) is 11.4 Å². The third-order valence-corrected chi connectivity index (χ3v) is 3.51. The van der Waals surface area contributed by atoms with Crippen molar-refractivity contribution in [1.29, 1.82) is 0 Å². The van der Waals surface area contributed by atoms with E-state index in [1.165, 1.54) is 0 Å². The first-order chi connectivity index (χ1) is 10.1. The summed E-state index contributed by atoms with van der Waals surface area (Å²) < 4.78 is 5.51. The van der Waals surface area contributed by atoms with Crippen molar-refractivity contribution < 1.29 is 14.6 Å². The van der Waals surface area contributed by atoms with Crippen molar-refractivity contribution in [3.63, 3.8) is 0 Å². The Morgan fingerprint density at radius 1 is 1.33 bits per heavy atom. The number of fused-ring (bicyclic) bond motifs is 1. The van der Waals surface area contributed by atoms with Crippen molar-refractivity contribution >= 4 is 17.5 Å². The Labute approximate surface area is 122 Å². The van der Waals surface area contributed by atoms with Crippen molar-refractivity contribution in [3.8, 4) is 5.75 Å². The number of hydrogen-bond donors (Lipinski definition) is 1. The number of rotatable bonds is 2. The number of carboxylic acids is 1. The van der Waals surface area contributed by atoms with Gasteiger partial charge in [-0.3, -0.25) is 4.98 Å². The van der Waals surface area contributed by atoms with Gasteiger partial charge in [0.15, 0.2) is 5.82 Å². The van der Waals surface area contributed by atoms with Crippen LogP contribution in [0.4, 0.5) is 11.5 Å². The summed E-state index contributed by atoms with van der Waals surface area (Å²) in [5.74, 6) is 0.169. The van der Waals surface area contributed by atoms with Crippen LogP contribution >= 0.6 is 0 Å². The largest absolute Gasteiger partial charge is 0.478 e. The van der Waals surface area contributed by atoms with Crippen LogP contribution in [0.25, 0.3) is 0 Å². The Kier molecular flexibility index (Phi) is 3.21. The SMILES string of the molecule is Cc1ncc(N2CC(C(=O)O)Oc3ccccc32)nc1C. The predicted octanol–water partition coefficient (Wildman–Crippen LogP) is 2.08. The predicted molar refractivity (Wildman–Crippen MR) is 77.0 cm³/mol. The van der Waals surface area contributed by atoms with Gasteiger partial charge in [-0.05, 0) is 26.0 Å². The molecule has 1 aromatic heterocycles. The number of anilines is 2. The Morgan fingerprint density at radius 2 is 2.10 bits per heavy atom. The van der Waals surface area contributed by atoms with E-state index in [9.17, 15) is 9.90 Å². The number of benzene rings is 1. The Morgan fingerprint density at radius 3 is 2.81 bits per heavy atom. The van der Waals surface area contributed by atoms with Gasteiger partial charge in [0.1, 0.15) is 5.75 Å². The highest BCUT2D eigenvalue weighted by Crippen LogP contribution is 2.37. The maximum absolute atomic E-state index is 11.3. The molecule has 0 saturated heterocycles. The molecule has 1 N–H and O–H groups in total. The van der Waals surface area contributed by atoms with E-state index in [0.29, 0.717) is 11.6 Å². The summed E-state index contributed by atoms with van der Waals surface area (Å²) in [6.07, 6.45) is 0.729. The number of carboxylic acid groups (broad SMARTS) is 1. The normalized spacial score (nSPS) is 17.0. The van der Waals surface area contributed by atoms with Crippen molar-refractivity contribution in [2.45, 2.75) is 20.0 Å². The number of nitrogens with zero attached hydrogens (tertiary/aromatic N) is 3. The molecular weight excluding hydrogens is 270 g/mol. The average molecular weight is 285 g/mol. The number of aromatic nitrogens is 2.